The van der Waals surface area contributed by atoms with Crippen molar-refractivity contribution in [1.29, 1.82) is 5.26 Å². The third-order valence-corrected chi connectivity index (χ3v) is 2.47. The third-order valence-electron chi connectivity index (χ3n) is 2.25. The van der Waals surface area contributed by atoms with Crippen LogP contribution in [0.1, 0.15) is 5.56 Å². The van der Waals surface area contributed by atoms with E-state index in [0.717, 1.165) is 0 Å². The second-order valence-electron chi connectivity index (χ2n) is 3.70. The van der Waals surface area contributed by atoms with Gasteiger partial charge in [0.25, 0.3) is 5.91 Å². The number of rotatable bonds is 6. The van der Waals surface area contributed by atoms with Crippen LogP contribution in [-0.2, 0) is 4.79 Å². The summed E-state index contributed by atoms with van der Waals surface area (Å²) in [6, 6.07) is 6.81. The molecule has 0 saturated carbocycles. The minimum absolute atomic E-state index is 0.0144. The summed E-state index contributed by atoms with van der Waals surface area (Å²) >= 11 is 4.75. The van der Waals surface area contributed by atoms with E-state index < -0.39 is 5.91 Å². The first-order valence-electron chi connectivity index (χ1n) is 5.48. The number of thiocarbonyl (C=S) groups is 1. The van der Waals surface area contributed by atoms with Crippen LogP contribution in [0.4, 0.5) is 0 Å². The highest BCUT2D eigenvalue weighted by Gasteiger charge is 2.07. The van der Waals surface area contributed by atoms with Crippen molar-refractivity contribution in [3.63, 3.8) is 0 Å². The van der Waals surface area contributed by atoms with Gasteiger partial charge in [0, 0.05) is 0 Å². The van der Waals surface area contributed by atoms with Gasteiger partial charge < -0.3 is 20.9 Å². The molecule has 0 bridgehead atoms. The van der Waals surface area contributed by atoms with E-state index in [0.29, 0.717) is 17.1 Å². The van der Waals surface area contributed by atoms with Gasteiger partial charge in [-0.2, -0.15) is 5.26 Å². The highest BCUT2D eigenvalue weighted by Crippen LogP contribution is 2.28. The minimum Gasteiger partial charge on any atom is -0.493 e. The molecule has 20 heavy (non-hydrogen) atoms. The van der Waals surface area contributed by atoms with Crippen molar-refractivity contribution < 1.29 is 14.3 Å². The van der Waals surface area contributed by atoms with Crippen LogP contribution < -0.4 is 20.9 Å². The van der Waals surface area contributed by atoms with E-state index in [4.69, 9.17) is 38.4 Å². The fraction of sp³-hybridized carbons (Fsp3) is 0.154. The van der Waals surface area contributed by atoms with Crippen molar-refractivity contribution in [3.05, 3.63) is 29.3 Å². The number of primary amides is 1. The van der Waals surface area contributed by atoms with Gasteiger partial charge in [-0.15, -0.1) is 0 Å². The molecule has 6 nitrogen and oxygen atoms in total. The number of benzene rings is 1. The predicted octanol–water partition coefficient (Wildman–Crippen LogP) is 0.752. The molecule has 1 amide bonds. The van der Waals surface area contributed by atoms with Gasteiger partial charge in [-0.05, 0) is 23.8 Å². The zero-order chi connectivity index (χ0) is 15.1. The second kappa shape index (κ2) is 7.11. The third kappa shape index (κ3) is 4.26. The first kappa shape index (κ1) is 15.5. The number of carbonyl (C=O) groups excluding carboxylic acids is 1. The fourth-order valence-electron chi connectivity index (χ4n) is 1.37. The normalized spacial score (nSPS) is 10.5. The molecule has 0 aromatic heterocycles. The Labute approximate surface area is 121 Å². The molecule has 0 atom stereocenters. The molecule has 1 aromatic rings. The molecule has 1 rings (SSSR count). The van der Waals surface area contributed by atoms with Crippen molar-refractivity contribution in [2.24, 2.45) is 11.5 Å². The molecule has 104 valence electrons. The van der Waals surface area contributed by atoms with Gasteiger partial charge >= 0.3 is 0 Å². The summed E-state index contributed by atoms with van der Waals surface area (Å²) in [6.07, 6.45) is 1.53. The molecular formula is C13H13N3O3S. The number of methoxy groups -OCH3 is 1. The maximum absolute atomic E-state index is 10.7. The molecule has 0 heterocycles. The van der Waals surface area contributed by atoms with Gasteiger partial charge in [0.05, 0.1) is 12.7 Å². The number of carbonyl (C=O) groups is 1. The number of amides is 1. The van der Waals surface area contributed by atoms with Crippen molar-refractivity contribution in [2.45, 2.75) is 0 Å². The maximum Gasteiger partial charge on any atom is 0.255 e. The summed E-state index contributed by atoms with van der Waals surface area (Å²) in [7, 11) is 1.46. The Morgan fingerprint density at radius 1 is 1.45 bits per heavy atom. The van der Waals surface area contributed by atoms with Gasteiger partial charge in [0.2, 0.25) is 0 Å². The molecular weight excluding hydrogens is 278 g/mol. The monoisotopic (exact) mass is 291 g/mol. The predicted molar refractivity (Wildman–Crippen MR) is 78.1 cm³/mol. The standard InChI is InChI=1S/C13H13N3O3S/c1-18-11-5-8(4-9(6-14)13(16)20)2-3-10(11)19-7-12(15)17/h2-5H,7H2,1H3,(H2,15,17)(H2,16,20)/b9-4-. The lowest BCUT2D eigenvalue weighted by Crippen LogP contribution is -2.20. The number of ether oxygens (including phenoxy) is 2. The van der Waals surface area contributed by atoms with E-state index in [1.807, 2.05) is 6.07 Å². The SMILES string of the molecule is COc1cc(/C=C(/C#N)C(N)=S)ccc1OCC(N)=O. The zero-order valence-electron chi connectivity index (χ0n) is 10.8. The van der Waals surface area contributed by atoms with Gasteiger partial charge in [-0.1, -0.05) is 18.3 Å². The fourth-order valence-corrected chi connectivity index (χ4v) is 1.47. The molecule has 0 fully saturated rings. The van der Waals surface area contributed by atoms with Crippen LogP contribution in [0.15, 0.2) is 23.8 Å². The van der Waals surface area contributed by atoms with Gasteiger partial charge in [0.15, 0.2) is 18.1 Å². The quantitative estimate of drug-likeness (QED) is 0.454. The Morgan fingerprint density at radius 3 is 2.65 bits per heavy atom. The molecule has 4 N–H and O–H groups in total. The van der Waals surface area contributed by atoms with E-state index in [-0.39, 0.29) is 17.2 Å². The van der Waals surface area contributed by atoms with Crippen LogP contribution in [0.3, 0.4) is 0 Å². The Bertz CT molecular complexity index is 605. The average molecular weight is 291 g/mol. The first-order chi connectivity index (χ1) is 9.47. The second-order valence-corrected chi connectivity index (χ2v) is 4.14. The maximum atomic E-state index is 10.7. The van der Waals surface area contributed by atoms with Crippen LogP contribution >= 0.6 is 12.2 Å². The van der Waals surface area contributed by atoms with Crippen molar-refractivity contribution in [2.75, 3.05) is 13.7 Å². The molecule has 0 spiro atoms. The lowest BCUT2D eigenvalue weighted by Gasteiger charge is -2.10. The molecule has 7 heteroatoms. The van der Waals surface area contributed by atoms with E-state index in [1.54, 1.807) is 18.2 Å². The highest BCUT2D eigenvalue weighted by atomic mass is 32.1. The highest BCUT2D eigenvalue weighted by molar-refractivity contribution is 7.80. The van der Waals surface area contributed by atoms with E-state index in [9.17, 15) is 4.79 Å². The molecule has 0 aliphatic rings. The Kier molecular flexibility index (Phi) is 5.50. The summed E-state index contributed by atoms with van der Waals surface area (Å²) in [5.74, 6) is 0.189. The summed E-state index contributed by atoms with van der Waals surface area (Å²) in [5, 5.41) is 8.89. The Hall–Kier alpha value is -2.59. The molecule has 0 aliphatic carbocycles. The molecule has 0 saturated heterocycles. The first-order valence-corrected chi connectivity index (χ1v) is 5.89. The van der Waals surface area contributed by atoms with E-state index in [1.165, 1.54) is 13.2 Å². The lowest BCUT2D eigenvalue weighted by atomic mass is 10.1. The van der Waals surface area contributed by atoms with Crippen LogP contribution in [0, 0.1) is 11.3 Å². The number of hydrogen-bond acceptors (Lipinski definition) is 5. The van der Waals surface area contributed by atoms with E-state index >= 15 is 0 Å². The topological polar surface area (TPSA) is 111 Å². The Balaban J connectivity index is 3.07. The average Bonchev–Trinajstić information content (AvgIpc) is 2.42. The Morgan fingerprint density at radius 2 is 2.15 bits per heavy atom. The summed E-state index contributed by atoms with van der Waals surface area (Å²) in [5.41, 5.74) is 11.3. The number of hydrogen-bond donors (Lipinski definition) is 2. The molecule has 1 aromatic carbocycles. The van der Waals surface area contributed by atoms with Gasteiger partial charge in [-0.3, -0.25) is 4.79 Å². The zero-order valence-corrected chi connectivity index (χ0v) is 11.6. The minimum atomic E-state index is -0.587. The smallest absolute Gasteiger partial charge is 0.255 e. The summed E-state index contributed by atoms with van der Waals surface area (Å²) < 4.78 is 10.3. The largest absolute Gasteiger partial charge is 0.493 e. The van der Waals surface area contributed by atoms with Crippen molar-refractivity contribution in [3.8, 4) is 17.6 Å². The number of nitrogens with zero attached hydrogens (tertiary/aromatic N) is 1. The van der Waals surface area contributed by atoms with Crippen LogP contribution in [0.5, 0.6) is 11.5 Å². The van der Waals surface area contributed by atoms with Crippen LogP contribution in [-0.4, -0.2) is 24.6 Å². The van der Waals surface area contributed by atoms with Gasteiger partial charge in [0.1, 0.15) is 11.1 Å². The van der Waals surface area contributed by atoms with E-state index in [2.05, 4.69) is 0 Å². The summed E-state index contributed by atoms with van der Waals surface area (Å²) in [4.78, 5) is 10.7. The van der Waals surface area contributed by atoms with Crippen LogP contribution in [0.2, 0.25) is 0 Å². The number of nitriles is 1. The lowest BCUT2D eigenvalue weighted by molar-refractivity contribution is -0.119. The van der Waals surface area contributed by atoms with Crippen LogP contribution in [0.25, 0.3) is 6.08 Å². The number of nitrogens with two attached hydrogens (primary N) is 2. The summed E-state index contributed by atoms with van der Waals surface area (Å²) in [6.45, 7) is -0.248. The van der Waals surface area contributed by atoms with Crippen molar-refractivity contribution >= 4 is 29.2 Å². The molecule has 0 aliphatic heterocycles. The van der Waals surface area contributed by atoms with Gasteiger partial charge in [-0.25, -0.2) is 0 Å². The van der Waals surface area contributed by atoms with Crippen molar-refractivity contribution in [1.82, 2.24) is 0 Å². The molecule has 0 unspecified atom stereocenters. The molecule has 0 radical (unpaired) electrons.